The molecular weight excluding hydrogens is 308 g/mol. The fraction of sp³-hybridized carbons (Fsp3) is 0.385. The summed E-state index contributed by atoms with van der Waals surface area (Å²) in [6.07, 6.45) is 1.40. The van der Waals surface area contributed by atoms with Crippen LogP contribution in [0.1, 0.15) is 19.4 Å². The molecule has 22 heavy (non-hydrogen) atoms. The van der Waals surface area contributed by atoms with Crippen molar-refractivity contribution in [3.63, 3.8) is 0 Å². The molecule has 0 saturated heterocycles. The number of nitro groups is 1. The van der Waals surface area contributed by atoms with Crippen molar-refractivity contribution in [2.45, 2.75) is 13.8 Å². The summed E-state index contributed by atoms with van der Waals surface area (Å²) in [5.41, 5.74) is 2.87. The van der Waals surface area contributed by atoms with Gasteiger partial charge in [0.2, 0.25) is 5.75 Å². The molecule has 0 spiro atoms. The highest BCUT2D eigenvalue weighted by Crippen LogP contribution is 2.34. The van der Waals surface area contributed by atoms with E-state index >= 15 is 0 Å². The van der Waals surface area contributed by atoms with Gasteiger partial charge in [0.25, 0.3) is 0 Å². The Hall–Kier alpha value is -2.42. The van der Waals surface area contributed by atoms with Crippen LogP contribution in [0.15, 0.2) is 17.2 Å². The highest BCUT2D eigenvalue weighted by Gasteiger charge is 2.19. The molecule has 0 saturated carbocycles. The van der Waals surface area contributed by atoms with E-state index in [1.807, 2.05) is 6.92 Å². The van der Waals surface area contributed by atoms with Gasteiger partial charge >= 0.3 is 5.69 Å². The minimum Gasteiger partial charge on any atom is -0.493 e. The third-order valence-electron chi connectivity index (χ3n) is 2.48. The largest absolute Gasteiger partial charge is 0.493 e. The van der Waals surface area contributed by atoms with Gasteiger partial charge in [0.15, 0.2) is 5.11 Å². The lowest BCUT2D eigenvalue weighted by Gasteiger charge is -2.11. The molecule has 0 aromatic heterocycles. The Bertz CT molecular complexity index is 577. The summed E-state index contributed by atoms with van der Waals surface area (Å²) in [4.78, 5) is 10.6. The predicted molar refractivity (Wildman–Crippen MR) is 87.8 cm³/mol. The molecule has 0 radical (unpaired) electrons. The molecule has 2 N–H and O–H groups in total. The smallest absolute Gasteiger partial charge is 0.311 e. The third kappa shape index (κ3) is 4.85. The van der Waals surface area contributed by atoms with E-state index in [4.69, 9.17) is 21.7 Å². The first-order valence-corrected chi connectivity index (χ1v) is 7.03. The summed E-state index contributed by atoms with van der Waals surface area (Å²) in [5.74, 6) is 0.601. The molecule has 0 bridgehead atoms. The summed E-state index contributed by atoms with van der Waals surface area (Å²) < 4.78 is 10.8. The second-order valence-electron chi connectivity index (χ2n) is 3.93. The lowest BCUT2D eigenvalue weighted by Crippen LogP contribution is -2.28. The zero-order chi connectivity index (χ0) is 16.5. The molecular formula is C13H18N4O4S. The molecule has 0 fully saturated rings. The van der Waals surface area contributed by atoms with Crippen molar-refractivity contribution < 1.29 is 14.4 Å². The normalized spacial score (nSPS) is 10.3. The van der Waals surface area contributed by atoms with Crippen LogP contribution in [-0.4, -0.2) is 36.5 Å². The van der Waals surface area contributed by atoms with E-state index in [9.17, 15) is 10.1 Å². The van der Waals surface area contributed by atoms with E-state index in [1.54, 1.807) is 14.0 Å². The van der Waals surface area contributed by atoms with Gasteiger partial charge in [-0.2, -0.15) is 5.10 Å². The highest BCUT2D eigenvalue weighted by molar-refractivity contribution is 7.80. The average Bonchev–Trinajstić information content (AvgIpc) is 2.49. The Morgan fingerprint density at radius 3 is 2.55 bits per heavy atom. The van der Waals surface area contributed by atoms with Gasteiger partial charge in [-0.05, 0) is 26.1 Å². The van der Waals surface area contributed by atoms with E-state index in [0.717, 1.165) is 0 Å². The fourth-order valence-corrected chi connectivity index (χ4v) is 1.63. The van der Waals surface area contributed by atoms with Crippen LogP contribution in [-0.2, 0) is 0 Å². The van der Waals surface area contributed by atoms with Crippen molar-refractivity contribution in [3.05, 3.63) is 27.8 Å². The van der Waals surface area contributed by atoms with Crippen LogP contribution in [0.5, 0.6) is 11.5 Å². The second kappa shape index (κ2) is 8.78. The number of hydrogen-bond acceptors (Lipinski definition) is 6. The molecule has 8 nitrogen and oxygen atoms in total. The standard InChI is InChI=1S/C13H18N4O4S/c1-4-20-11-7-12(21-5-2)10(17(18)19)6-9(11)8-15-16-13(22)14-3/h6-8H,4-5H2,1-3H3,(H2,14,16,22)/b15-8+. The Labute approximate surface area is 133 Å². The summed E-state index contributed by atoms with van der Waals surface area (Å²) in [5, 5.41) is 18.1. The van der Waals surface area contributed by atoms with E-state index in [2.05, 4.69) is 15.8 Å². The first-order valence-electron chi connectivity index (χ1n) is 6.62. The van der Waals surface area contributed by atoms with Gasteiger partial charge < -0.3 is 14.8 Å². The van der Waals surface area contributed by atoms with Crippen LogP contribution in [0.2, 0.25) is 0 Å². The molecule has 120 valence electrons. The van der Waals surface area contributed by atoms with Crippen LogP contribution >= 0.6 is 12.2 Å². The molecule has 1 aromatic rings. The highest BCUT2D eigenvalue weighted by atomic mass is 32.1. The summed E-state index contributed by atoms with van der Waals surface area (Å²) in [6.45, 7) is 4.30. The maximum absolute atomic E-state index is 11.1. The van der Waals surface area contributed by atoms with E-state index in [1.165, 1.54) is 18.3 Å². The quantitative estimate of drug-likeness (QED) is 0.341. The van der Waals surface area contributed by atoms with Crippen LogP contribution < -0.4 is 20.2 Å². The minimum absolute atomic E-state index is 0.150. The third-order valence-corrected chi connectivity index (χ3v) is 2.78. The SMILES string of the molecule is CCOc1cc(OCC)c([N+](=O)[O-])cc1/C=N/NC(=S)NC. The van der Waals surface area contributed by atoms with Crippen LogP contribution in [0, 0.1) is 10.1 Å². The van der Waals surface area contributed by atoms with Crippen molar-refractivity contribution in [2.75, 3.05) is 20.3 Å². The fourth-order valence-electron chi connectivity index (χ4n) is 1.58. The van der Waals surface area contributed by atoms with E-state index in [0.29, 0.717) is 29.6 Å². The van der Waals surface area contributed by atoms with E-state index in [-0.39, 0.29) is 11.4 Å². The molecule has 1 rings (SSSR count). The minimum atomic E-state index is -0.510. The number of benzene rings is 1. The van der Waals surface area contributed by atoms with Crippen molar-refractivity contribution >= 4 is 29.2 Å². The lowest BCUT2D eigenvalue weighted by molar-refractivity contribution is -0.385. The van der Waals surface area contributed by atoms with Gasteiger partial charge in [-0.3, -0.25) is 15.5 Å². The molecule has 0 aliphatic rings. The van der Waals surface area contributed by atoms with Gasteiger partial charge in [0.05, 0.1) is 24.4 Å². The Morgan fingerprint density at radius 1 is 1.36 bits per heavy atom. The number of rotatable bonds is 7. The molecule has 0 atom stereocenters. The second-order valence-corrected chi connectivity index (χ2v) is 4.34. The number of thiocarbonyl (C=S) groups is 1. The summed E-state index contributed by atoms with van der Waals surface area (Å²) in [7, 11) is 1.65. The maximum Gasteiger partial charge on any atom is 0.311 e. The van der Waals surface area contributed by atoms with Gasteiger partial charge in [-0.25, -0.2) is 0 Å². The number of hydrazone groups is 1. The first kappa shape index (κ1) is 17.6. The molecule has 9 heteroatoms. The van der Waals surface area contributed by atoms with Crippen molar-refractivity contribution in [1.29, 1.82) is 0 Å². The molecule has 1 aromatic carbocycles. The topological polar surface area (TPSA) is 98.0 Å². The van der Waals surface area contributed by atoms with Gasteiger partial charge in [0.1, 0.15) is 5.75 Å². The van der Waals surface area contributed by atoms with Crippen molar-refractivity contribution in [2.24, 2.45) is 5.10 Å². The molecule has 0 unspecified atom stereocenters. The molecule has 0 aliphatic carbocycles. The van der Waals surface area contributed by atoms with Crippen molar-refractivity contribution in [1.82, 2.24) is 10.7 Å². The summed E-state index contributed by atoms with van der Waals surface area (Å²) >= 11 is 4.88. The Morgan fingerprint density at radius 2 is 2.00 bits per heavy atom. The monoisotopic (exact) mass is 326 g/mol. The van der Waals surface area contributed by atoms with Gasteiger partial charge in [-0.15, -0.1) is 0 Å². The van der Waals surface area contributed by atoms with Gasteiger partial charge in [-0.1, -0.05) is 0 Å². The zero-order valence-corrected chi connectivity index (χ0v) is 13.4. The van der Waals surface area contributed by atoms with Crippen LogP contribution in [0.3, 0.4) is 0 Å². The summed E-state index contributed by atoms with van der Waals surface area (Å²) in [6, 6.07) is 2.84. The van der Waals surface area contributed by atoms with E-state index < -0.39 is 4.92 Å². The Kier molecular flexibility index (Phi) is 7.03. The molecule has 0 aliphatic heterocycles. The van der Waals surface area contributed by atoms with Crippen LogP contribution in [0.25, 0.3) is 0 Å². The zero-order valence-electron chi connectivity index (χ0n) is 12.6. The number of nitro benzene ring substituents is 1. The van der Waals surface area contributed by atoms with Crippen molar-refractivity contribution in [3.8, 4) is 11.5 Å². The maximum atomic E-state index is 11.1. The van der Waals surface area contributed by atoms with Gasteiger partial charge in [0, 0.05) is 24.7 Å². The molecule has 0 heterocycles. The van der Waals surface area contributed by atoms with Crippen LogP contribution in [0.4, 0.5) is 5.69 Å². The first-order chi connectivity index (χ1) is 10.5. The number of nitrogens with one attached hydrogen (secondary N) is 2. The number of nitrogens with zero attached hydrogens (tertiary/aromatic N) is 2. The molecule has 0 amide bonds. The Balaban J connectivity index is 3.19. The number of hydrogen-bond donors (Lipinski definition) is 2. The average molecular weight is 326 g/mol. The number of ether oxygens (including phenoxy) is 2. The predicted octanol–water partition coefficient (Wildman–Crippen LogP) is 1.82. The lowest BCUT2D eigenvalue weighted by atomic mass is 10.1.